The molecule has 0 N–H and O–H groups in total. The van der Waals surface area contributed by atoms with Crippen LogP contribution in [0.5, 0.6) is 0 Å². The predicted molar refractivity (Wildman–Crippen MR) is 86.0 cm³/mol. The third-order valence-corrected chi connectivity index (χ3v) is 5.73. The summed E-state index contributed by atoms with van der Waals surface area (Å²) >= 11 is 11.9. The van der Waals surface area contributed by atoms with Crippen molar-refractivity contribution in [1.82, 2.24) is 4.90 Å². The summed E-state index contributed by atoms with van der Waals surface area (Å²) in [6.45, 7) is 5.73. The summed E-state index contributed by atoms with van der Waals surface area (Å²) in [5, 5.41) is -0.0334. The molecule has 1 rings (SSSR count). The number of carbonyl (C=O) groups excluding carboxylic acids is 1. The number of hydrogen-bond acceptors (Lipinski definition) is 3. The van der Waals surface area contributed by atoms with Gasteiger partial charge in [-0.25, -0.2) is 8.42 Å². The molecule has 0 saturated carbocycles. The maximum absolute atomic E-state index is 12.5. The van der Waals surface area contributed by atoms with E-state index in [0.717, 1.165) is 12.1 Å². The van der Waals surface area contributed by atoms with Crippen LogP contribution in [0, 0.1) is 0 Å². The van der Waals surface area contributed by atoms with Crippen LogP contribution >= 0.6 is 33.9 Å². The van der Waals surface area contributed by atoms with E-state index >= 15 is 0 Å². The highest BCUT2D eigenvalue weighted by molar-refractivity contribution is 8.13. The maximum atomic E-state index is 12.5. The number of nitrogens with zero attached hydrogens (tertiary/aromatic N) is 1. The summed E-state index contributed by atoms with van der Waals surface area (Å²) in [4.78, 5) is 13.8. The molecule has 0 heterocycles. The average molecular weight is 373 g/mol. The predicted octanol–water partition coefficient (Wildman–Crippen LogP) is 4.18. The van der Waals surface area contributed by atoms with Crippen molar-refractivity contribution < 1.29 is 13.2 Å². The molecule has 0 aliphatic carbocycles. The molecule has 0 aromatic heterocycles. The van der Waals surface area contributed by atoms with Crippen LogP contribution in [-0.2, 0) is 9.05 Å². The zero-order valence-electron chi connectivity index (χ0n) is 12.1. The molecule has 0 aliphatic rings. The van der Waals surface area contributed by atoms with Crippen molar-refractivity contribution in [2.75, 3.05) is 7.05 Å². The number of amides is 1. The van der Waals surface area contributed by atoms with E-state index in [1.165, 1.54) is 4.90 Å². The molecule has 0 aliphatic heterocycles. The number of hydrogen-bond donors (Lipinski definition) is 0. The van der Waals surface area contributed by atoms with Crippen LogP contribution in [0.3, 0.4) is 0 Å². The van der Waals surface area contributed by atoms with Gasteiger partial charge in [0.05, 0.1) is 20.5 Å². The Morgan fingerprint density at radius 1 is 1.29 bits per heavy atom. The second-order valence-electron chi connectivity index (χ2n) is 5.23. The summed E-state index contributed by atoms with van der Waals surface area (Å²) in [6, 6.07) is 2.26. The van der Waals surface area contributed by atoms with E-state index in [2.05, 4.69) is 0 Å². The van der Waals surface area contributed by atoms with Crippen molar-refractivity contribution >= 4 is 48.8 Å². The van der Waals surface area contributed by atoms with Crippen molar-refractivity contribution in [2.24, 2.45) is 0 Å². The minimum atomic E-state index is -4.01. The molecule has 0 saturated heterocycles. The first-order chi connectivity index (χ1) is 9.41. The molecule has 0 unspecified atom stereocenters. The fourth-order valence-corrected chi connectivity index (χ4v) is 2.81. The Kier molecular flexibility index (Phi) is 5.59. The van der Waals surface area contributed by atoms with E-state index in [1.807, 2.05) is 20.8 Å². The first-order valence-electron chi connectivity index (χ1n) is 6.13. The summed E-state index contributed by atoms with van der Waals surface area (Å²) < 4.78 is 22.9. The molecule has 1 amide bonds. The van der Waals surface area contributed by atoms with Gasteiger partial charge in [0.2, 0.25) is 0 Å². The Hall–Kier alpha value is -0.490. The Labute approximate surface area is 139 Å². The van der Waals surface area contributed by atoms with E-state index in [-0.39, 0.29) is 20.5 Å². The Morgan fingerprint density at radius 3 is 2.24 bits per heavy atom. The van der Waals surface area contributed by atoms with Crippen LogP contribution in [0.25, 0.3) is 0 Å². The Bertz CT molecular complexity index is 671. The second-order valence-corrected chi connectivity index (χ2v) is 8.59. The molecular formula is C13H16Cl3NO3S. The SMILES string of the molecule is CCC(C)(C)N(C)C(=O)c1cc(S(=O)(=O)Cl)cc(Cl)c1Cl. The quantitative estimate of drug-likeness (QED) is 0.745. The van der Waals surface area contributed by atoms with Gasteiger partial charge in [-0.3, -0.25) is 4.79 Å². The topological polar surface area (TPSA) is 54.5 Å². The fraction of sp³-hybridized carbons (Fsp3) is 0.462. The average Bonchev–Trinajstić information content (AvgIpc) is 2.38. The van der Waals surface area contributed by atoms with E-state index < -0.39 is 20.5 Å². The first-order valence-corrected chi connectivity index (χ1v) is 9.20. The highest BCUT2D eigenvalue weighted by Crippen LogP contribution is 2.32. The zero-order chi connectivity index (χ0) is 16.6. The molecule has 0 fully saturated rings. The monoisotopic (exact) mass is 371 g/mol. The summed E-state index contributed by atoms with van der Waals surface area (Å²) in [7, 11) is 2.92. The van der Waals surface area contributed by atoms with Crippen molar-refractivity contribution in [3.8, 4) is 0 Å². The van der Waals surface area contributed by atoms with Crippen LogP contribution in [0.1, 0.15) is 37.6 Å². The lowest BCUT2D eigenvalue weighted by atomic mass is 9.99. The highest BCUT2D eigenvalue weighted by Gasteiger charge is 2.29. The molecule has 21 heavy (non-hydrogen) atoms. The van der Waals surface area contributed by atoms with Crippen LogP contribution in [0.4, 0.5) is 0 Å². The lowest BCUT2D eigenvalue weighted by Crippen LogP contribution is -2.44. The third kappa shape index (κ3) is 4.03. The van der Waals surface area contributed by atoms with Gasteiger partial charge in [-0.05, 0) is 32.4 Å². The molecule has 118 valence electrons. The van der Waals surface area contributed by atoms with Crippen LogP contribution in [0.15, 0.2) is 17.0 Å². The van der Waals surface area contributed by atoms with Gasteiger partial charge in [0.1, 0.15) is 0 Å². The second kappa shape index (κ2) is 6.32. The van der Waals surface area contributed by atoms with E-state index in [1.54, 1.807) is 7.05 Å². The standard InChI is InChI=1S/C13H16Cl3NO3S/c1-5-13(2,3)17(4)12(18)9-6-8(21(16,19)20)7-10(14)11(9)15/h6-7H,5H2,1-4H3. The normalized spacial score (nSPS) is 12.3. The largest absolute Gasteiger partial charge is 0.337 e. The van der Waals surface area contributed by atoms with Crippen molar-refractivity contribution in [2.45, 2.75) is 37.6 Å². The minimum Gasteiger partial charge on any atom is -0.337 e. The van der Waals surface area contributed by atoms with E-state index in [4.69, 9.17) is 33.9 Å². The smallest absolute Gasteiger partial charge is 0.261 e. The molecule has 0 spiro atoms. The fourth-order valence-electron chi connectivity index (χ4n) is 1.55. The summed E-state index contributed by atoms with van der Waals surface area (Å²) in [5.41, 5.74) is -0.407. The molecular weight excluding hydrogens is 357 g/mol. The van der Waals surface area contributed by atoms with Gasteiger partial charge in [-0.15, -0.1) is 0 Å². The molecule has 8 heteroatoms. The molecule has 0 atom stereocenters. The van der Waals surface area contributed by atoms with E-state index in [0.29, 0.717) is 6.42 Å². The molecule has 1 aromatic carbocycles. The van der Waals surface area contributed by atoms with Gasteiger partial charge in [0.25, 0.3) is 15.0 Å². The maximum Gasteiger partial charge on any atom is 0.261 e. The minimum absolute atomic E-state index is 0.00415. The Morgan fingerprint density at radius 2 is 1.81 bits per heavy atom. The Balaban J connectivity index is 3.43. The van der Waals surface area contributed by atoms with Crippen molar-refractivity contribution in [3.63, 3.8) is 0 Å². The summed E-state index contributed by atoms with van der Waals surface area (Å²) in [5.74, 6) is -0.420. The van der Waals surface area contributed by atoms with Crippen LogP contribution in [-0.4, -0.2) is 31.8 Å². The molecule has 1 aromatic rings. The molecule has 0 radical (unpaired) electrons. The zero-order valence-corrected chi connectivity index (χ0v) is 15.2. The highest BCUT2D eigenvalue weighted by atomic mass is 35.7. The third-order valence-electron chi connectivity index (χ3n) is 3.59. The lowest BCUT2D eigenvalue weighted by molar-refractivity contribution is 0.0620. The van der Waals surface area contributed by atoms with Crippen LogP contribution in [0.2, 0.25) is 10.0 Å². The van der Waals surface area contributed by atoms with Gasteiger partial charge < -0.3 is 4.90 Å². The van der Waals surface area contributed by atoms with Crippen LogP contribution < -0.4 is 0 Å². The molecule has 0 bridgehead atoms. The van der Waals surface area contributed by atoms with Gasteiger partial charge in [0, 0.05) is 23.3 Å². The van der Waals surface area contributed by atoms with Gasteiger partial charge >= 0.3 is 0 Å². The number of halogens is 3. The first kappa shape index (κ1) is 18.6. The summed E-state index contributed by atoms with van der Waals surface area (Å²) in [6.07, 6.45) is 0.716. The van der Waals surface area contributed by atoms with Crippen molar-refractivity contribution in [1.29, 1.82) is 0 Å². The van der Waals surface area contributed by atoms with Crippen molar-refractivity contribution in [3.05, 3.63) is 27.7 Å². The lowest BCUT2D eigenvalue weighted by Gasteiger charge is -2.35. The van der Waals surface area contributed by atoms with Gasteiger partial charge in [-0.2, -0.15) is 0 Å². The van der Waals surface area contributed by atoms with Gasteiger partial charge in [-0.1, -0.05) is 30.1 Å². The van der Waals surface area contributed by atoms with Gasteiger partial charge in [0.15, 0.2) is 0 Å². The number of carbonyl (C=O) groups is 1. The number of rotatable bonds is 4. The number of benzene rings is 1. The van der Waals surface area contributed by atoms with E-state index in [9.17, 15) is 13.2 Å². The molecule has 4 nitrogen and oxygen atoms in total.